The van der Waals surface area contributed by atoms with Crippen molar-refractivity contribution < 1.29 is 22.7 Å². The molecule has 9 nitrogen and oxygen atoms in total. The van der Waals surface area contributed by atoms with E-state index in [0.29, 0.717) is 5.52 Å². The van der Waals surface area contributed by atoms with Crippen LogP contribution in [0.2, 0.25) is 0 Å². The Balaban J connectivity index is 2.19. The number of nitrogens with one attached hydrogen (secondary N) is 1. The molecule has 1 aromatic carbocycles. The molecule has 11 heteroatoms. The van der Waals surface area contributed by atoms with Crippen LogP contribution in [-0.2, 0) is 24.3 Å². The minimum atomic E-state index is -4.00. The molecule has 3 N–H and O–H groups in total. The Morgan fingerprint density at radius 3 is 2.82 bits per heavy atom. The first-order valence-corrected chi connectivity index (χ1v) is 8.21. The van der Waals surface area contributed by atoms with Crippen LogP contribution in [0.25, 0.3) is 11.0 Å². The number of rotatable bonds is 6. The van der Waals surface area contributed by atoms with Gasteiger partial charge in [0.15, 0.2) is 6.61 Å². The molecule has 0 aliphatic carbocycles. The van der Waals surface area contributed by atoms with Gasteiger partial charge in [0, 0.05) is 0 Å². The maximum absolute atomic E-state index is 12.3. The predicted molar refractivity (Wildman–Crippen MR) is 77.4 cm³/mol. The Labute approximate surface area is 129 Å². The number of hydrogen-bond donors (Lipinski definition) is 2. The molecule has 22 heavy (non-hydrogen) atoms. The maximum Gasteiger partial charge on any atom is 0.324 e. The van der Waals surface area contributed by atoms with Gasteiger partial charge in [0.05, 0.1) is 11.7 Å². The summed E-state index contributed by atoms with van der Waals surface area (Å²) in [4.78, 5) is 22.0. The van der Waals surface area contributed by atoms with E-state index in [1.54, 1.807) is 6.07 Å². The van der Waals surface area contributed by atoms with Gasteiger partial charge in [-0.1, -0.05) is 6.07 Å². The molecule has 0 saturated heterocycles. The van der Waals surface area contributed by atoms with Gasteiger partial charge >= 0.3 is 5.97 Å². The van der Waals surface area contributed by atoms with Gasteiger partial charge in [-0.25, -0.2) is 8.42 Å². The van der Waals surface area contributed by atoms with E-state index in [-0.39, 0.29) is 10.4 Å². The zero-order valence-corrected chi connectivity index (χ0v) is 13.0. The lowest BCUT2D eigenvalue weighted by Crippen LogP contribution is -2.40. The van der Waals surface area contributed by atoms with E-state index < -0.39 is 34.5 Å². The summed E-state index contributed by atoms with van der Waals surface area (Å²) < 4.78 is 39.2. The summed E-state index contributed by atoms with van der Waals surface area (Å²) >= 11 is 0.884. The number of fused-ring (bicyclic) bond motifs is 1. The average molecular weight is 344 g/mol. The van der Waals surface area contributed by atoms with Crippen molar-refractivity contribution in [1.82, 2.24) is 13.5 Å². The lowest BCUT2D eigenvalue weighted by atomic mass is 10.3. The molecule has 2 rings (SSSR count). The molecule has 0 fully saturated rings. The van der Waals surface area contributed by atoms with Crippen molar-refractivity contribution >= 4 is 44.7 Å². The van der Waals surface area contributed by atoms with Crippen molar-refractivity contribution in [2.24, 2.45) is 5.73 Å². The second-order valence-electron chi connectivity index (χ2n) is 4.31. The van der Waals surface area contributed by atoms with Gasteiger partial charge in [-0.15, -0.1) is 0 Å². The Hall–Kier alpha value is -2.11. The second kappa shape index (κ2) is 6.34. The fourth-order valence-electron chi connectivity index (χ4n) is 1.61. The van der Waals surface area contributed by atoms with Crippen LogP contribution in [0.4, 0.5) is 0 Å². The minimum Gasteiger partial charge on any atom is -0.454 e. The van der Waals surface area contributed by atoms with Crippen LogP contribution in [0.3, 0.4) is 0 Å². The number of carbonyl (C=O) groups is 2. The van der Waals surface area contributed by atoms with Crippen LogP contribution in [0.1, 0.15) is 6.92 Å². The van der Waals surface area contributed by atoms with E-state index in [0.717, 1.165) is 11.7 Å². The fourth-order valence-corrected chi connectivity index (χ4v) is 3.57. The maximum atomic E-state index is 12.3. The molecule has 118 valence electrons. The Bertz CT molecular complexity index is 817. The number of primary amides is 1. The van der Waals surface area contributed by atoms with Crippen LogP contribution < -0.4 is 10.5 Å². The van der Waals surface area contributed by atoms with Crippen LogP contribution >= 0.6 is 11.7 Å². The summed E-state index contributed by atoms with van der Waals surface area (Å²) in [6.07, 6.45) is 0. The standard InChI is InChI=1S/C11H12N4O5S2/c1-6(11(17)20-5-9(12)16)15-22(18,19)8-4-2-3-7-10(8)14-21-13-7/h2-4,6,15H,5H2,1H3,(H2,12,16)/t6-/m1/s1. The summed E-state index contributed by atoms with van der Waals surface area (Å²) in [6.45, 7) is 0.677. The molecule has 1 amide bonds. The Morgan fingerprint density at radius 2 is 2.14 bits per heavy atom. The molecular formula is C11H12N4O5S2. The summed E-state index contributed by atoms with van der Waals surface area (Å²) in [6, 6.07) is 3.32. The largest absolute Gasteiger partial charge is 0.454 e. The van der Waals surface area contributed by atoms with E-state index >= 15 is 0 Å². The number of amides is 1. The highest BCUT2D eigenvalue weighted by molar-refractivity contribution is 7.89. The van der Waals surface area contributed by atoms with Gasteiger partial charge in [-0.05, 0) is 19.1 Å². The van der Waals surface area contributed by atoms with Gasteiger partial charge < -0.3 is 10.5 Å². The molecule has 1 heterocycles. The van der Waals surface area contributed by atoms with Gasteiger partial charge in [0.1, 0.15) is 22.0 Å². The highest BCUT2D eigenvalue weighted by Gasteiger charge is 2.25. The fraction of sp³-hybridized carbons (Fsp3) is 0.273. The lowest BCUT2D eigenvalue weighted by molar-refractivity contribution is -0.149. The SMILES string of the molecule is C[C@@H](NS(=O)(=O)c1cccc2nsnc12)C(=O)OCC(N)=O. The monoisotopic (exact) mass is 344 g/mol. The zero-order chi connectivity index (χ0) is 16.3. The number of ether oxygens (including phenoxy) is 1. The summed E-state index contributed by atoms with van der Waals surface area (Å²) in [5.41, 5.74) is 5.50. The number of carbonyl (C=O) groups excluding carboxylic acids is 2. The number of nitrogens with zero attached hydrogens (tertiary/aromatic N) is 2. The number of hydrogen-bond acceptors (Lipinski definition) is 8. The van der Waals surface area contributed by atoms with E-state index in [1.807, 2.05) is 0 Å². The summed E-state index contributed by atoms with van der Waals surface area (Å²) in [5, 5.41) is 0. The van der Waals surface area contributed by atoms with E-state index in [4.69, 9.17) is 5.73 Å². The second-order valence-corrected chi connectivity index (χ2v) is 6.52. The van der Waals surface area contributed by atoms with Gasteiger partial charge in [-0.2, -0.15) is 13.5 Å². The third kappa shape index (κ3) is 3.55. The summed E-state index contributed by atoms with van der Waals surface area (Å²) in [7, 11) is -4.00. The van der Waals surface area contributed by atoms with Crippen molar-refractivity contribution in [3.8, 4) is 0 Å². The Morgan fingerprint density at radius 1 is 1.41 bits per heavy atom. The van der Waals surface area contributed by atoms with Crippen molar-refractivity contribution in [2.75, 3.05) is 6.61 Å². The lowest BCUT2D eigenvalue weighted by Gasteiger charge is -2.13. The zero-order valence-electron chi connectivity index (χ0n) is 11.3. The molecule has 0 unspecified atom stereocenters. The van der Waals surface area contributed by atoms with E-state index in [1.165, 1.54) is 19.1 Å². The normalized spacial score (nSPS) is 13.0. The molecule has 0 radical (unpaired) electrons. The first-order chi connectivity index (χ1) is 10.3. The third-order valence-corrected chi connectivity index (χ3v) is 4.70. The quantitative estimate of drug-likeness (QED) is 0.665. The number of nitrogens with two attached hydrogens (primary N) is 1. The molecule has 1 aromatic heterocycles. The van der Waals surface area contributed by atoms with Crippen LogP contribution in [-0.4, -0.2) is 41.7 Å². The van der Waals surface area contributed by atoms with E-state index in [9.17, 15) is 18.0 Å². The first-order valence-electron chi connectivity index (χ1n) is 6.00. The van der Waals surface area contributed by atoms with Crippen LogP contribution in [0.5, 0.6) is 0 Å². The van der Waals surface area contributed by atoms with Gasteiger partial charge in [0.25, 0.3) is 5.91 Å². The molecule has 0 saturated carbocycles. The smallest absolute Gasteiger partial charge is 0.324 e. The highest BCUT2D eigenvalue weighted by Crippen LogP contribution is 2.21. The van der Waals surface area contributed by atoms with Gasteiger partial charge in [-0.3, -0.25) is 9.59 Å². The van der Waals surface area contributed by atoms with Crippen molar-refractivity contribution in [3.63, 3.8) is 0 Å². The number of benzene rings is 1. The third-order valence-electron chi connectivity index (χ3n) is 2.58. The van der Waals surface area contributed by atoms with Crippen molar-refractivity contribution in [3.05, 3.63) is 18.2 Å². The Kier molecular flexibility index (Phi) is 4.68. The van der Waals surface area contributed by atoms with Crippen LogP contribution in [0.15, 0.2) is 23.1 Å². The topological polar surface area (TPSA) is 141 Å². The van der Waals surface area contributed by atoms with Crippen molar-refractivity contribution in [1.29, 1.82) is 0 Å². The average Bonchev–Trinajstić information content (AvgIpc) is 2.92. The first kappa shape index (κ1) is 16.3. The molecular weight excluding hydrogens is 332 g/mol. The van der Waals surface area contributed by atoms with Crippen molar-refractivity contribution in [2.45, 2.75) is 17.9 Å². The number of esters is 1. The van der Waals surface area contributed by atoms with E-state index in [2.05, 4.69) is 18.2 Å². The molecule has 0 bridgehead atoms. The molecule has 2 aromatic rings. The number of aromatic nitrogens is 2. The molecule has 1 atom stereocenters. The molecule has 0 aliphatic rings. The highest BCUT2D eigenvalue weighted by atomic mass is 32.2. The van der Waals surface area contributed by atoms with Gasteiger partial charge in [0.2, 0.25) is 10.0 Å². The predicted octanol–water partition coefficient (Wildman–Crippen LogP) is -0.613. The minimum absolute atomic E-state index is 0.0895. The van der Waals surface area contributed by atoms with Crippen LogP contribution in [0, 0.1) is 0 Å². The number of sulfonamides is 1. The summed E-state index contributed by atoms with van der Waals surface area (Å²) in [5.74, 6) is -1.74. The molecule has 0 aliphatic heterocycles. The molecule has 0 spiro atoms.